The SMILES string of the molecule is COc1ccc(C(C)C)c(-n2c(C)cs/c2=N\C(=O)NC(F)C(F)c2ccc(-c3ncn(-c4ccc(OC(F)(F)F)cc4)n3)cc2)c1. The summed E-state index contributed by atoms with van der Waals surface area (Å²) in [6.07, 6.45) is -8.04. The van der Waals surface area contributed by atoms with Gasteiger partial charge in [-0.1, -0.05) is 44.2 Å². The van der Waals surface area contributed by atoms with Crippen LogP contribution in [0.3, 0.4) is 0 Å². The van der Waals surface area contributed by atoms with Crippen LogP contribution in [-0.4, -0.2) is 45.1 Å². The lowest BCUT2D eigenvalue weighted by Crippen LogP contribution is -2.34. The summed E-state index contributed by atoms with van der Waals surface area (Å²) in [6.45, 7) is 5.92. The Hall–Kier alpha value is -5.05. The Morgan fingerprint density at radius 3 is 2.32 bits per heavy atom. The number of thiazole rings is 1. The van der Waals surface area contributed by atoms with E-state index in [2.05, 4.69) is 19.8 Å². The Balaban J connectivity index is 1.27. The smallest absolute Gasteiger partial charge is 0.497 e. The number of benzene rings is 3. The first kappa shape index (κ1) is 33.3. The number of nitrogens with zero attached hydrogens (tertiary/aromatic N) is 5. The Morgan fingerprint density at radius 1 is 1.00 bits per heavy atom. The third kappa shape index (κ3) is 7.85. The lowest BCUT2D eigenvalue weighted by atomic mass is 10.0. The number of aromatic nitrogens is 4. The number of nitrogens with one attached hydrogen (secondary N) is 1. The van der Waals surface area contributed by atoms with E-state index in [4.69, 9.17) is 4.74 Å². The molecule has 0 bridgehead atoms. The number of hydrogen-bond acceptors (Lipinski definition) is 6. The predicted molar refractivity (Wildman–Crippen MR) is 165 cm³/mol. The molecule has 0 aliphatic rings. The van der Waals surface area contributed by atoms with Crippen LogP contribution in [0.4, 0.5) is 26.7 Å². The minimum Gasteiger partial charge on any atom is -0.497 e. The quantitative estimate of drug-likeness (QED) is 0.128. The first-order valence-electron chi connectivity index (χ1n) is 14.2. The van der Waals surface area contributed by atoms with Crippen molar-refractivity contribution in [1.82, 2.24) is 24.6 Å². The van der Waals surface area contributed by atoms with Crippen molar-refractivity contribution in [2.24, 2.45) is 4.99 Å². The fourth-order valence-electron chi connectivity index (χ4n) is 4.71. The number of amides is 2. The van der Waals surface area contributed by atoms with Crippen molar-refractivity contribution < 1.29 is 36.2 Å². The standard InChI is InChI=1S/C32H29F5N6O3S/c1-18(2)25-14-13-24(45-4)15-26(25)43-19(3)16-47-31(43)40-30(44)39-28(34)27(33)20-5-7-21(8-6-20)29-38-17-42(41-29)22-9-11-23(12-10-22)46-32(35,36)37/h5-18,27-28H,1-4H3,(H,39,44)/b40-31-. The van der Waals surface area contributed by atoms with E-state index in [9.17, 15) is 22.4 Å². The second-order valence-corrected chi connectivity index (χ2v) is 11.5. The molecule has 2 amide bonds. The molecular formula is C32H29F5N6O3S. The number of rotatable bonds is 9. The van der Waals surface area contributed by atoms with E-state index >= 15 is 4.39 Å². The highest BCUT2D eigenvalue weighted by molar-refractivity contribution is 7.07. The van der Waals surface area contributed by atoms with E-state index in [1.54, 1.807) is 11.7 Å². The van der Waals surface area contributed by atoms with Crippen molar-refractivity contribution in [2.45, 2.75) is 45.5 Å². The molecule has 1 N–H and O–H groups in total. The van der Waals surface area contributed by atoms with Gasteiger partial charge in [-0.3, -0.25) is 4.57 Å². The van der Waals surface area contributed by atoms with Crippen LogP contribution >= 0.6 is 11.3 Å². The van der Waals surface area contributed by atoms with E-state index < -0.39 is 24.9 Å². The van der Waals surface area contributed by atoms with Crippen molar-refractivity contribution in [1.29, 1.82) is 0 Å². The molecule has 0 fully saturated rings. The molecule has 0 aliphatic carbocycles. The number of hydrogen-bond donors (Lipinski definition) is 1. The second-order valence-electron chi connectivity index (χ2n) is 10.6. The number of carbonyl (C=O) groups excluding carboxylic acids is 1. The summed E-state index contributed by atoms with van der Waals surface area (Å²) in [5.41, 5.74) is 3.40. The third-order valence-electron chi connectivity index (χ3n) is 7.01. The summed E-state index contributed by atoms with van der Waals surface area (Å²) in [6, 6.07) is 15.2. The van der Waals surface area contributed by atoms with Crippen molar-refractivity contribution >= 4 is 17.4 Å². The van der Waals surface area contributed by atoms with Crippen LogP contribution in [0.25, 0.3) is 22.8 Å². The maximum Gasteiger partial charge on any atom is 0.573 e. The molecule has 2 heterocycles. The number of ether oxygens (including phenoxy) is 2. The van der Waals surface area contributed by atoms with Gasteiger partial charge in [-0.05, 0) is 54.3 Å². The van der Waals surface area contributed by atoms with Crippen LogP contribution in [0, 0.1) is 6.92 Å². The van der Waals surface area contributed by atoms with E-state index in [0.717, 1.165) is 29.1 Å². The van der Waals surface area contributed by atoms with E-state index in [-0.39, 0.29) is 27.9 Å². The molecular weight excluding hydrogens is 643 g/mol. The molecule has 2 aromatic heterocycles. The summed E-state index contributed by atoms with van der Waals surface area (Å²) in [7, 11) is 1.55. The molecule has 0 spiro atoms. The number of methoxy groups -OCH3 is 1. The van der Waals surface area contributed by atoms with Gasteiger partial charge in [0.1, 0.15) is 17.8 Å². The van der Waals surface area contributed by atoms with Crippen LogP contribution < -0.4 is 19.6 Å². The first-order valence-corrected chi connectivity index (χ1v) is 15.1. The number of halogens is 5. The number of alkyl halides is 5. The highest BCUT2D eigenvalue weighted by Gasteiger charge is 2.31. The Bertz CT molecular complexity index is 1920. The van der Waals surface area contributed by atoms with Gasteiger partial charge in [0.15, 0.2) is 16.8 Å². The van der Waals surface area contributed by atoms with E-state index in [0.29, 0.717) is 17.0 Å². The lowest BCUT2D eigenvalue weighted by Gasteiger charge is -2.17. The molecule has 246 valence electrons. The van der Waals surface area contributed by atoms with Crippen molar-refractivity contribution in [3.63, 3.8) is 0 Å². The van der Waals surface area contributed by atoms with Crippen LogP contribution in [0.5, 0.6) is 11.5 Å². The summed E-state index contributed by atoms with van der Waals surface area (Å²) in [5, 5.41) is 8.09. The minimum atomic E-state index is -4.81. The maximum absolute atomic E-state index is 15.1. The molecule has 0 radical (unpaired) electrons. The zero-order valence-electron chi connectivity index (χ0n) is 25.5. The van der Waals surface area contributed by atoms with Gasteiger partial charge in [0.05, 0.1) is 18.5 Å². The van der Waals surface area contributed by atoms with Crippen LogP contribution in [0.2, 0.25) is 0 Å². The van der Waals surface area contributed by atoms with Gasteiger partial charge in [0.2, 0.25) is 6.30 Å². The zero-order valence-corrected chi connectivity index (χ0v) is 26.3. The molecule has 9 nitrogen and oxygen atoms in total. The monoisotopic (exact) mass is 672 g/mol. The van der Waals surface area contributed by atoms with Gasteiger partial charge in [0.25, 0.3) is 0 Å². The topological polar surface area (TPSA) is 95.6 Å². The van der Waals surface area contributed by atoms with Gasteiger partial charge in [-0.2, -0.15) is 4.99 Å². The maximum atomic E-state index is 15.1. The summed E-state index contributed by atoms with van der Waals surface area (Å²) < 4.78 is 79.7. The summed E-state index contributed by atoms with van der Waals surface area (Å²) >= 11 is 1.19. The van der Waals surface area contributed by atoms with Gasteiger partial charge >= 0.3 is 12.4 Å². The van der Waals surface area contributed by atoms with Gasteiger partial charge in [-0.15, -0.1) is 29.6 Å². The molecule has 2 unspecified atom stereocenters. The first-order chi connectivity index (χ1) is 22.3. The number of urea groups is 1. The molecule has 47 heavy (non-hydrogen) atoms. The normalized spacial score (nSPS) is 13.4. The fourth-order valence-corrected chi connectivity index (χ4v) is 5.58. The number of carbonyl (C=O) groups is 1. The second kappa shape index (κ2) is 13.7. The largest absolute Gasteiger partial charge is 0.573 e. The summed E-state index contributed by atoms with van der Waals surface area (Å²) in [5.74, 6) is 0.618. The molecule has 0 saturated heterocycles. The highest BCUT2D eigenvalue weighted by Crippen LogP contribution is 2.29. The average molecular weight is 673 g/mol. The molecule has 3 aromatic carbocycles. The highest BCUT2D eigenvalue weighted by atomic mass is 32.1. The van der Waals surface area contributed by atoms with E-state index in [1.165, 1.54) is 58.7 Å². The Labute approximate surface area is 270 Å². The van der Waals surface area contributed by atoms with Crippen LogP contribution in [-0.2, 0) is 0 Å². The average Bonchev–Trinajstić information content (AvgIpc) is 3.67. The van der Waals surface area contributed by atoms with Crippen LogP contribution in [0.15, 0.2) is 83.4 Å². The molecule has 2 atom stereocenters. The van der Waals surface area contributed by atoms with Crippen molar-refractivity contribution in [3.8, 4) is 34.3 Å². The van der Waals surface area contributed by atoms with Crippen molar-refractivity contribution in [3.05, 3.63) is 100 Å². The van der Waals surface area contributed by atoms with Gasteiger partial charge in [0, 0.05) is 22.7 Å². The predicted octanol–water partition coefficient (Wildman–Crippen LogP) is 7.74. The molecule has 5 rings (SSSR count). The third-order valence-corrected chi connectivity index (χ3v) is 7.95. The van der Waals surface area contributed by atoms with Crippen molar-refractivity contribution in [2.75, 3.05) is 7.11 Å². The zero-order chi connectivity index (χ0) is 33.9. The lowest BCUT2D eigenvalue weighted by molar-refractivity contribution is -0.274. The van der Waals surface area contributed by atoms with Gasteiger partial charge in [-0.25, -0.2) is 23.2 Å². The molecule has 0 saturated carbocycles. The summed E-state index contributed by atoms with van der Waals surface area (Å²) in [4.78, 5) is 21.2. The number of aryl methyl sites for hydroxylation is 1. The molecule has 5 aromatic rings. The minimum absolute atomic E-state index is 0.0405. The molecule has 0 aliphatic heterocycles. The molecule has 15 heteroatoms. The Morgan fingerprint density at radius 2 is 1.68 bits per heavy atom. The van der Waals surface area contributed by atoms with E-state index in [1.807, 2.05) is 49.7 Å². The Kier molecular flexibility index (Phi) is 9.75. The fraction of sp³-hybridized carbons (Fsp3) is 0.250. The van der Waals surface area contributed by atoms with Crippen LogP contribution in [0.1, 0.15) is 42.8 Å². The van der Waals surface area contributed by atoms with Gasteiger partial charge < -0.3 is 14.8 Å².